The normalized spacial score (nSPS) is 16.0. The zero-order valence-corrected chi connectivity index (χ0v) is 14.1. The van der Waals surface area contributed by atoms with E-state index in [9.17, 15) is 5.11 Å². The Hall–Kier alpha value is -0.900. The molecule has 0 amide bonds. The second kappa shape index (κ2) is 9.19. The lowest BCUT2D eigenvalue weighted by molar-refractivity contribution is -0.00914. The first-order valence-corrected chi connectivity index (χ1v) is 7.98. The number of hydrogen-bond acceptors (Lipinski definition) is 3. The van der Waals surface area contributed by atoms with Gasteiger partial charge in [-0.1, -0.05) is 43.7 Å². The minimum absolute atomic E-state index is 0.203. The van der Waals surface area contributed by atoms with Crippen molar-refractivity contribution in [1.29, 1.82) is 0 Å². The molecule has 0 aliphatic rings. The number of rotatable bonds is 9. The first-order valence-electron chi connectivity index (χ1n) is 7.98. The van der Waals surface area contributed by atoms with Gasteiger partial charge in [0.2, 0.25) is 0 Å². The maximum atomic E-state index is 10.00. The zero-order chi connectivity index (χ0) is 15.8. The Morgan fingerprint density at radius 1 is 1.19 bits per heavy atom. The van der Waals surface area contributed by atoms with Crippen LogP contribution in [0.15, 0.2) is 24.3 Å². The molecule has 2 N–H and O–H groups in total. The van der Waals surface area contributed by atoms with E-state index in [1.807, 2.05) is 0 Å². The minimum Gasteiger partial charge on any atom is -0.389 e. The summed E-state index contributed by atoms with van der Waals surface area (Å²) in [6.45, 7) is 11.6. The zero-order valence-electron chi connectivity index (χ0n) is 14.1. The number of benzene rings is 1. The summed E-state index contributed by atoms with van der Waals surface area (Å²) in [5, 5.41) is 13.4. The maximum Gasteiger partial charge on any atom is 0.0898 e. The Bertz CT molecular complexity index is 406. The number of hydrogen-bond donors (Lipinski definition) is 2. The molecule has 2 unspecified atom stereocenters. The van der Waals surface area contributed by atoms with Crippen molar-refractivity contribution >= 4 is 0 Å². The second-order valence-corrected chi connectivity index (χ2v) is 6.47. The number of nitrogens with one attached hydrogen (secondary N) is 1. The molecule has 3 atom stereocenters. The maximum absolute atomic E-state index is 10.00. The van der Waals surface area contributed by atoms with Gasteiger partial charge in [-0.25, -0.2) is 0 Å². The van der Waals surface area contributed by atoms with Gasteiger partial charge in [-0.15, -0.1) is 0 Å². The first kappa shape index (κ1) is 18.1. The fraction of sp³-hybridized carbons (Fsp3) is 0.667. The molecule has 0 aromatic heterocycles. The standard InChI is InChI=1S/C18H31NO2/c1-13(2)9-15(4)21-12-18(20)11-19-16(5)17-8-6-7-14(3)10-17/h6-8,10,13,15-16,18-20H,9,11-12H2,1-5H3/t15?,16-,18?/m1/s1. The van der Waals surface area contributed by atoms with Crippen LogP contribution in [0.1, 0.15) is 51.3 Å². The van der Waals surface area contributed by atoms with Crippen LogP contribution in [0.5, 0.6) is 0 Å². The smallest absolute Gasteiger partial charge is 0.0898 e. The van der Waals surface area contributed by atoms with Gasteiger partial charge in [0.15, 0.2) is 0 Å². The van der Waals surface area contributed by atoms with Crippen LogP contribution in [0.2, 0.25) is 0 Å². The molecule has 0 spiro atoms. The molecule has 0 radical (unpaired) electrons. The van der Waals surface area contributed by atoms with E-state index in [0.29, 0.717) is 19.1 Å². The van der Waals surface area contributed by atoms with E-state index < -0.39 is 6.10 Å². The lowest BCUT2D eigenvalue weighted by atomic mass is 10.1. The monoisotopic (exact) mass is 293 g/mol. The summed E-state index contributed by atoms with van der Waals surface area (Å²) in [4.78, 5) is 0. The van der Waals surface area contributed by atoms with Crippen molar-refractivity contribution in [2.45, 2.75) is 59.3 Å². The van der Waals surface area contributed by atoms with Crippen LogP contribution in [0.4, 0.5) is 0 Å². The molecule has 0 saturated heterocycles. The fourth-order valence-corrected chi connectivity index (χ4v) is 2.44. The summed E-state index contributed by atoms with van der Waals surface area (Å²) in [5.74, 6) is 0.622. The van der Waals surface area contributed by atoms with Gasteiger partial charge in [0, 0.05) is 12.6 Å². The molecule has 1 aromatic carbocycles. The van der Waals surface area contributed by atoms with E-state index in [0.717, 1.165) is 6.42 Å². The summed E-state index contributed by atoms with van der Waals surface area (Å²) >= 11 is 0. The third-order valence-electron chi connectivity index (χ3n) is 3.58. The van der Waals surface area contributed by atoms with Crippen molar-refractivity contribution < 1.29 is 9.84 Å². The highest BCUT2D eigenvalue weighted by Crippen LogP contribution is 2.13. The van der Waals surface area contributed by atoms with E-state index in [1.54, 1.807) is 0 Å². The van der Waals surface area contributed by atoms with Gasteiger partial charge in [0.05, 0.1) is 18.8 Å². The third-order valence-corrected chi connectivity index (χ3v) is 3.58. The molecule has 120 valence electrons. The molecular weight excluding hydrogens is 262 g/mol. The second-order valence-electron chi connectivity index (χ2n) is 6.47. The Morgan fingerprint density at radius 3 is 2.52 bits per heavy atom. The average molecular weight is 293 g/mol. The molecule has 0 fully saturated rings. The third kappa shape index (κ3) is 7.60. The van der Waals surface area contributed by atoms with Crippen molar-refractivity contribution in [2.24, 2.45) is 5.92 Å². The van der Waals surface area contributed by atoms with Gasteiger partial charge in [-0.05, 0) is 38.7 Å². The average Bonchev–Trinajstić information content (AvgIpc) is 2.41. The SMILES string of the molecule is Cc1cccc([C@@H](C)NCC(O)COC(C)CC(C)C)c1. The van der Waals surface area contributed by atoms with Crippen molar-refractivity contribution in [1.82, 2.24) is 5.32 Å². The first-order chi connectivity index (χ1) is 9.88. The van der Waals surface area contributed by atoms with Gasteiger partial charge >= 0.3 is 0 Å². The molecule has 0 aliphatic carbocycles. The van der Waals surface area contributed by atoms with Crippen LogP contribution >= 0.6 is 0 Å². The highest BCUT2D eigenvalue weighted by Gasteiger charge is 2.11. The van der Waals surface area contributed by atoms with Gasteiger partial charge in [0.1, 0.15) is 0 Å². The Kier molecular flexibility index (Phi) is 7.94. The summed E-state index contributed by atoms with van der Waals surface area (Å²) in [7, 11) is 0. The van der Waals surface area contributed by atoms with Gasteiger partial charge in [-0.2, -0.15) is 0 Å². The Labute approximate surface area is 129 Å². The molecule has 0 saturated carbocycles. The number of aliphatic hydroxyl groups is 1. The van der Waals surface area contributed by atoms with E-state index in [2.05, 4.69) is 64.2 Å². The number of aryl methyl sites for hydroxylation is 1. The van der Waals surface area contributed by atoms with Crippen LogP contribution in [-0.2, 0) is 4.74 Å². The Morgan fingerprint density at radius 2 is 1.90 bits per heavy atom. The largest absolute Gasteiger partial charge is 0.389 e. The number of aliphatic hydroxyl groups excluding tert-OH is 1. The number of ether oxygens (including phenoxy) is 1. The molecule has 3 nitrogen and oxygen atoms in total. The van der Waals surface area contributed by atoms with Crippen molar-refractivity contribution in [3.05, 3.63) is 35.4 Å². The molecule has 0 bridgehead atoms. The summed E-state index contributed by atoms with van der Waals surface area (Å²) in [6, 6.07) is 8.67. The highest BCUT2D eigenvalue weighted by molar-refractivity contribution is 5.24. The topological polar surface area (TPSA) is 41.5 Å². The molecule has 1 aromatic rings. The van der Waals surface area contributed by atoms with E-state index in [4.69, 9.17) is 4.74 Å². The van der Waals surface area contributed by atoms with Crippen LogP contribution in [0.25, 0.3) is 0 Å². The molecule has 3 heteroatoms. The molecular formula is C18H31NO2. The molecule has 0 aliphatic heterocycles. The van der Waals surface area contributed by atoms with Crippen molar-refractivity contribution in [3.8, 4) is 0 Å². The minimum atomic E-state index is -0.466. The van der Waals surface area contributed by atoms with Gasteiger partial charge in [0.25, 0.3) is 0 Å². The van der Waals surface area contributed by atoms with E-state index in [-0.39, 0.29) is 12.1 Å². The van der Waals surface area contributed by atoms with E-state index >= 15 is 0 Å². The molecule has 21 heavy (non-hydrogen) atoms. The summed E-state index contributed by atoms with van der Waals surface area (Å²) in [5.41, 5.74) is 2.50. The van der Waals surface area contributed by atoms with Crippen molar-refractivity contribution in [3.63, 3.8) is 0 Å². The predicted octanol–water partition coefficient (Wildman–Crippen LogP) is 3.46. The Balaban J connectivity index is 2.27. The van der Waals surface area contributed by atoms with Gasteiger partial charge in [-0.3, -0.25) is 0 Å². The lowest BCUT2D eigenvalue weighted by Crippen LogP contribution is -2.33. The quantitative estimate of drug-likeness (QED) is 0.732. The lowest BCUT2D eigenvalue weighted by Gasteiger charge is -2.20. The predicted molar refractivity (Wildman–Crippen MR) is 88.5 cm³/mol. The van der Waals surface area contributed by atoms with Crippen LogP contribution < -0.4 is 5.32 Å². The fourth-order valence-electron chi connectivity index (χ4n) is 2.44. The molecule has 0 heterocycles. The van der Waals surface area contributed by atoms with Crippen LogP contribution in [0, 0.1) is 12.8 Å². The highest BCUT2D eigenvalue weighted by atomic mass is 16.5. The van der Waals surface area contributed by atoms with Crippen molar-refractivity contribution in [2.75, 3.05) is 13.2 Å². The van der Waals surface area contributed by atoms with Crippen LogP contribution in [0.3, 0.4) is 0 Å². The van der Waals surface area contributed by atoms with Crippen LogP contribution in [-0.4, -0.2) is 30.5 Å². The van der Waals surface area contributed by atoms with E-state index in [1.165, 1.54) is 11.1 Å². The van der Waals surface area contributed by atoms with Gasteiger partial charge < -0.3 is 15.2 Å². The summed E-state index contributed by atoms with van der Waals surface area (Å²) in [6.07, 6.45) is 0.764. The summed E-state index contributed by atoms with van der Waals surface area (Å²) < 4.78 is 5.68. The molecule has 1 rings (SSSR count).